The van der Waals surface area contributed by atoms with E-state index in [4.69, 9.17) is 14.9 Å². The summed E-state index contributed by atoms with van der Waals surface area (Å²) in [4.78, 5) is 40.8. The van der Waals surface area contributed by atoms with Gasteiger partial charge in [-0.05, 0) is 99.1 Å². The molecule has 1 saturated heterocycles. The van der Waals surface area contributed by atoms with Crippen LogP contribution in [0.15, 0.2) is 91.2 Å². The maximum absolute atomic E-state index is 12.6. The summed E-state index contributed by atoms with van der Waals surface area (Å²) >= 11 is 2.90. The summed E-state index contributed by atoms with van der Waals surface area (Å²) in [6, 6.07) is 8.63. The van der Waals surface area contributed by atoms with Crippen molar-refractivity contribution in [3.63, 3.8) is 0 Å². The number of carboxylic acid groups (broad SMARTS) is 2. The number of carbonyl (C=O) groups is 3. The number of allylic oxidation sites excluding steroid dienone is 5. The minimum Gasteiger partial charge on any atom is -0.744 e. The van der Waals surface area contributed by atoms with Gasteiger partial charge >= 0.3 is 18.0 Å². The third-order valence-electron chi connectivity index (χ3n) is 10.8. The van der Waals surface area contributed by atoms with Crippen LogP contribution in [-0.2, 0) is 41.1 Å². The first-order valence-corrected chi connectivity index (χ1v) is 24.9. The van der Waals surface area contributed by atoms with Crippen molar-refractivity contribution in [3.05, 3.63) is 81.5 Å². The molecule has 0 bridgehead atoms. The van der Waals surface area contributed by atoms with Crippen molar-refractivity contribution in [3.8, 4) is 0 Å². The highest BCUT2D eigenvalue weighted by atomic mass is 32.2. The highest BCUT2D eigenvalue weighted by Crippen LogP contribution is 2.47. The van der Waals surface area contributed by atoms with E-state index in [1.54, 1.807) is 24.0 Å². The van der Waals surface area contributed by atoms with Crippen LogP contribution in [0.3, 0.4) is 0 Å². The van der Waals surface area contributed by atoms with Gasteiger partial charge in [0.1, 0.15) is 24.9 Å². The normalized spacial score (nSPS) is 17.3. The molecule has 16 nitrogen and oxygen atoms in total. The molecular formula is C42H49N4O12S4-. The van der Waals surface area contributed by atoms with Crippen LogP contribution < -0.4 is 9.47 Å². The fourth-order valence-corrected chi connectivity index (χ4v) is 10.9. The van der Waals surface area contributed by atoms with E-state index in [0.717, 1.165) is 36.5 Å². The number of ether oxygens (including phenoxy) is 1. The smallest absolute Gasteiger partial charge is 0.409 e. The van der Waals surface area contributed by atoms with Crippen molar-refractivity contribution in [2.45, 2.75) is 92.4 Å². The topological polar surface area (TPSA) is 229 Å². The second-order valence-corrected chi connectivity index (χ2v) is 19.9. The Bertz CT molecular complexity index is 2540. The van der Waals surface area contributed by atoms with Gasteiger partial charge in [0.2, 0.25) is 5.52 Å². The van der Waals surface area contributed by atoms with Gasteiger partial charge in [0.25, 0.3) is 5.01 Å². The number of anilines is 1. The zero-order chi connectivity index (χ0) is 44.6. The van der Waals surface area contributed by atoms with Crippen LogP contribution in [-0.4, -0.2) is 103 Å². The third-order valence-corrected chi connectivity index (χ3v) is 14.7. The monoisotopic (exact) mass is 929 g/mol. The Hall–Kier alpha value is -4.73. The first-order chi connectivity index (χ1) is 29.5. The molecule has 3 heterocycles. The van der Waals surface area contributed by atoms with Gasteiger partial charge in [-0.25, -0.2) is 21.6 Å². The van der Waals surface area contributed by atoms with Gasteiger partial charge in [-0.3, -0.25) is 9.59 Å². The average molecular weight is 930 g/mol. The number of amides is 1. The fraction of sp³-hybridized carbons (Fsp3) is 0.429. The van der Waals surface area contributed by atoms with Crippen molar-refractivity contribution >= 4 is 83.3 Å². The molecule has 0 unspecified atom stereocenters. The highest BCUT2D eigenvalue weighted by Gasteiger charge is 2.30. The summed E-state index contributed by atoms with van der Waals surface area (Å²) < 4.78 is 79.9. The largest absolute Gasteiger partial charge is 0.744 e. The molecule has 1 amide bonds. The summed E-state index contributed by atoms with van der Waals surface area (Å²) in [5.41, 5.74) is 4.26. The zero-order valence-corrected chi connectivity index (χ0v) is 37.5. The molecule has 3 aliphatic rings. The Labute approximate surface area is 369 Å². The summed E-state index contributed by atoms with van der Waals surface area (Å²) in [5.74, 6) is -1.75. The lowest BCUT2D eigenvalue weighted by atomic mass is 10.1. The van der Waals surface area contributed by atoms with Crippen LogP contribution in [0.2, 0.25) is 0 Å². The molecule has 0 atom stereocenters. The lowest BCUT2D eigenvalue weighted by Gasteiger charge is -2.37. The van der Waals surface area contributed by atoms with Crippen LogP contribution in [0.25, 0.3) is 16.3 Å². The number of aromatic nitrogens is 1. The van der Waals surface area contributed by atoms with Gasteiger partial charge in [0.05, 0.1) is 27.1 Å². The Kier molecular flexibility index (Phi) is 15.6. The van der Waals surface area contributed by atoms with Crippen LogP contribution in [0, 0.1) is 0 Å². The summed E-state index contributed by atoms with van der Waals surface area (Å²) in [5, 5.41) is 19.8. The standard InChI is InChI=1S/C42H50N4O12S4/c1-2-58-42(51)44-25-23-43(24-26-44)41-29(13-19-37-45(21-7-3-5-9-39(47)48)33-27-31(61(52,53)54)15-17-35(33)59-37)11-12-30(41)14-20-38-46(22-8-4-6-10-40(49)50)34-28-32(62(55,56)57)16-18-36(34)60-38/h13-20,27-28H,2-12,21-26H2,1H3,(H3-,47,48,49,50,52,53,54,55,56,57)/p-1. The second-order valence-electron chi connectivity index (χ2n) is 15.0. The second kappa shape index (κ2) is 20.6. The van der Waals surface area contributed by atoms with E-state index >= 15 is 0 Å². The molecule has 62 heavy (non-hydrogen) atoms. The van der Waals surface area contributed by atoms with Gasteiger partial charge < -0.3 is 38.8 Å². The van der Waals surface area contributed by atoms with E-state index < -0.39 is 32.2 Å². The molecule has 3 aromatic rings. The van der Waals surface area contributed by atoms with Crippen LogP contribution in [0.5, 0.6) is 0 Å². The number of thiazole rings is 1. The highest BCUT2D eigenvalue weighted by molar-refractivity contribution is 8.03. The van der Waals surface area contributed by atoms with Crippen molar-refractivity contribution in [2.24, 2.45) is 0 Å². The van der Waals surface area contributed by atoms with E-state index in [1.165, 1.54) is 47.4 Å². The molecule has 334 valence electrons. The number of thioether (sulfide) groups is 1. The van der Waals surface area contributed by atoms with Crippen LogP contribution in [0.1, 0.15) is 76.1 Å². The molecular weight excluding hydrogens is 881 g/mol. The Morgan fingerprint density at radius 3 is 2.15 bits per heavy atom. The average Bonchev–Trinajstić information content (AvgIpc) is 3.90. The lowest BCUT2D eigenvalue weighted by Crippen LogP contribution is -2.48. The number of benzene rings is 2. The van der Waals surface area contributed by atoms with Gasteiger partial charge in [-0.15, -0.1) is 0 Å². The summed E-state index contributed by atoms with van der Waals surface area (Å²) in [6.07, 6.45) is 12.7. The number of fused-ring (bicyclic) bond motifs is 2. The number of nitrogens with zero attached hydrogens (tertiary/aromatic N) is 4. The SMILES string of the molecule is CCOC(=O)N1CCN(C2=C(/C=C/c3sc4ccc(S(=O)(=O)[O-])cc4[n+]3CCCCCC(=O)O)CC/C2=C\C=C2\Sc3ccc(S(=O)(=O)[O-])cc3N2CCCCCC(=O)O)CC1. The van der Waals surface area contributed by atoms with Gasteiger partial charge in [0, 0.05) is 74.7 Å². The molecule has 1 aliphatic carbocycles. The van der Waals surface area contributed by atoms with E-state index in [2.05, 4.69) is 4.90 Å². The number of carboxylic acids is 2. The predicted octanol–water partition coefficient (Wildman–Crippen LogP) is 6.50. The number of carbonyl (C=O) groups excluding carboxylic acids is 1. The van der Waals surface area contributed by atoms with Crippen LogP contribution >= 0.6 is 23.1 Å². The molecule has 0 radical (unpaired) electrons. The minimum atomic E-state index is -4.71. The quantitative estimate of drug-likeness (QED) is 0.0743. The first kappa shape index (κ1) is 46.8. The summed E-state index contributed by atoms with van der Waals surface area (Å²) in [6.45, 7) is 4.95. The van der Waals surface area contributed by atoms with E-state index in [0.29, 0.717) is 102 Å². The first-order valence-electron chi connectivity index (χ1n) is 20.4. The maximum atomic E-state index is 12.6. The number of hydrogen-bond donors (Lipinski definition) is 2. The molecule has 6 rings (SSSR count). The number of rotatable bonds is 19. The molecule has 0 spiro atoms. The molecule has 1 aromatic heterocycles. The van der Waals surface area contributed by atoms with Crippen molar-refractivity contribution in [1.82, 2.24) is 9.80 Å². The zero-order valence-electron chi connectivity index (χ0n) is 34.2. The number of aryl methyl sites for hydroxylation is 1. The van der Waals surface area contributed by atoms with Gasteiger partial charge in [-0.2, -0.15) is 4.57 Å². The maximum Gasteiger partial charge on any atom is 0.409 e. The predicted molar refractivity (Wildman–Crippen MR) is 231 cm³/mol. The minimum absolute atomic E-state index is 0.0445. The molecule has 0 saturated carbocycles. The number of hydrogen-bond acceptors (Lipinski definition) is 14. The fourth-order valence-electron chi connectivity index (χ4n) is 7.74. The molecule has 2 aromatic carbocycles. The van der Waals surface area contributed by atoms with E-state index in [-0.39, 0.29) is 35.3 Å². The molecule has 2 aliphatic heterocycles. The summed E-state index contributed by atoms with van der Waals surface area (Å²) in [7, 11) is -9.42. The van der Waals surface area contributed by atoms with Crippen molar-refractivity contribution in [2.75, 3.05) is 44.2 Å². The lowest BCUT2D eigenvalue weighted by molar-refractivity contribution is -0.669. The van der Waals surface area contributed by atoms with E-state index in [9.17, 15) is 40.3 Å². The number of unbranched alkanes of at least 4 members (excludes halogenated alkanes) is 4. The van der Waals surface area contributed by atoms with Crippen molar-refractivity contribution in [1.29, 1.82) is 0 Å². The molecule has 20 heteroatoms. The number of aliphatic carboxylic acids is 2. The Morgan fingerprint density at radius 2 is 1.48 bits per heavy atom. The Morgan fingerprint density at radius 1 is 0.823 bits per heavy atom. The Balaban J connectivity index is 1.36. The third kappa shape index (κ3) is 11.8. The molecule has 2 N–H and O–H groups in total. The van der Waals surface area contributed by atoms with Gasteiger partial charge in [0.15, 0.2) is 6.54 Å². The molecule has 1 fully saturated rings. The van der Waals surface area contributed by atoms with Crippen LogP contribution in [0.4, 0.5) is 10.5 Å². The number of piperazine rings is 1. The van der Waals surface area contributed by atoms with Crippen molar-refractivity contribution < 1.29 is 59.8 Å². The van der Waals surface area contributed by atoms with Gasteiger partial charge in [-0.1, -0.05) is 35.6 Å². The van der Waals surface area contributed by atoms with E-state index in [1.807, 2.05) is 33.8 Å².